The van der Waals surface area contributed by atoms with E-state index in [9.17, 15) is 0 Å². The molecule has 0 amide bonds. The Kier molecular flexibility index (Phi) is 5.92. The number of para-hydroxylation sites is 1. The van der Waals surface area contributed by atoms with Crippen molar-refractivity contribution in [1.29, 1.82) is 0 Å². The molecule has 6 nitrogen and oxygen atoms in total. The van der Waals surface area contributed by atoms with Gasteiger partial charge in [0.1, 0.15) is 0 Å². The fourth-order valence-electron chi connectivity index (χ4n) is 4.07. The van der Waals surface area contributed by atoms with E-state index in [1.165, 1.54) is 10.3 Å². The van der Waals surface area contributed by atoms with Crippen LogP contribution in [0.3, 0.4) is 0 Å². The second kappa shape index (κ2) is 9.12. The lowest BCUT2D eigenvalue weighted by atomic mass is 10.1. The van der Waals surface area contributed by atoms with Crippen molar-refractivity contribution < 1.29 is 0 Å². The normalized spacial score (nSPS) is 21.3. The Morgan fingerprint density at radius 2 is 2.13 bits per heavy atom. The molecule has 0 aliphatic carbocycles. The van der Waals surface area contributed by atoms with Gasteiger partial charge in [-0.25, -0.2) is 9.97 Å². The fraction of sp³-hybridized carbons (Fsp3) is 0.348. The first kappa shape index (κ1) is 19.5. The predicted octanol–water partition coefficient (Wildman–Crippen LogP) is 3.74. The lowest BCUT2D eigenvalue weighted by molar-refractivity contribution is 0.206. The molecule has 0 unspecified atom stereocenters. The van der Waals surface area contributed by atoms with E-state index in [0.29, 0.717) is 6.04 Å². The van der Waals surface area contributed by atoms with Crippen molar-refractivity contribution in [3.8, 4) is 0 Å². The molecule has 154 valence electrons. The number of hydrogen-bond acceptors (Lipinski definition) is 7. The third-order valence-electron chi connectivity index (χ3n) is 5.53. The molecule has 0 spiro atoms. The van der Waals surface area contributed by atoms with Gasteiger partial charge < -0.3 is 10.6 Å². The third kappa shape index (κ3) is 4.80. The van der Waals surface area contributed by atoms with Gasteiger partial charge in [0.25, 0.3) is 0 Å². The van der Waals surface area contributed by atoms with Gasteiger partial charge in [0.05, 0.1) is 16.9 Å². The van der Waals surface area contributed by atoms with Gasteiger partial charge in [-0.3, -0.25) is 9.88 Å². The number of piperidine rings is 1. The molecule has 3 aromatic rings. The van der Waals surface area contributed by atoms with Gasteiger partial charge in [0.2, 0.25) is 5.95 Å². The molecule has 5 rings (SSSR count). The maximum atomic E-state index is 4.84. The zero-order valence-electron chi connectivity index (χ0n) is 16.9. The number of likely N-dealkylation sites (tertiary alicyclic amines) is 1. The van der Waals surface area contributed by atoms with E-state index in [1.807, 2.05) is 30.1 Å². The minimum atomic E-state index is 0.352. The quantitative estimate of drug-likeness (QED) is 0.654. The summed E-state index contributed by atoms with van der Waals surface area (Å²) in [7, 11) is 0. The average Bonchev–Trinajstić information content (AvgIpc) is 3.27. The summed E-state index contributed by atoms with van der Waals surface area (Å²) in [6.07, 6.45) is 6.29. The van der Waals surface area contributed by atoms with Crippen molar-refractivity contribution in [2.45, 2.75) is 25.4 Å². The van der Waals surface area contributed by atoms with Gasteiger partial charge in [-0.2, -0.15) is 0 Å². The highest BCUT2D eigenvalue weighted by molar-refractivity contribution is 8.03. The molecule has 0 saturated carbocycles. The Balaban J connectivity index is 1.22. The van der Waals surface area contributed by atoms with Crippen LogP contribution in [0.2, 0.25) is 0 Å². The second-order valence-corrected chi connectivity index (χ2v) is 8.95. The number of nitrogens with one attached hydrogen (secondary N) is 2. The van der Waals surface area contributed by atoms with Gasteiger partial charge in [-0.1, -0.05) is 24.3 Å². The number of fused-ring (bicyclic) bond motifs is 1. The number of benzene rings is 1. The number of pyridine rings is 1. The number of rotatable bonds is 5. The summed E-state index contributed by atoms with van der Waals surface area (Å²) in [5.74, 6) is 1.70. The highest BCUT2D eigenvalue weighted by Gasteiger charge is 2.21. The summed E-state index contributed by atoms with van der Waals surface area (Å²) in [4.78, 5) is 17.8. The molecule has 2 saturated heterocycles. The van der Waals surface area contributed by atoms with E-state index in [-0.39, 0.29) is 0 Å². The smallest absolute Gasteiger partial charge is 0.223 e. The molecule has 2 N–H and O–H groups in total. The Labute approximate surface area is 181 Å². The minimum absolute atomic E-state index is 0.352. The summed E-state index contributed by atoms with van der Waals surface area (Å²) in [5.41, 5.74) is 3.16. The van der Waals surface area contributed by atoms with Gasteiger partial charge in [0.15, 0.2) is 0 Å². The number of thioether (sulfide) groups is 1. The van der Waals surface area contributed by atoms with E-state index in [4.69, 9.17) is 9.97 Å². The largest absolute Gasteiger partial charge is 0.350 e. The monoisotopic (exact) mass is 418 g/mol. The topological polar surface area (TPSA) is 66.0 Å². The molecule has 0 radical (unpaired) electrons. The Morgan fingerprint density at radius 1 is 1.17 bits per heavy atom. The molecule has 30 heavy (non-hydrogen) atoms. The van der Waals surface area contributed by atoms with Crippen LogP contribution >= 0.6 is 11.8 Å². The van der Waals surface area contributed by atoms with Gasteiger partial charge in [0, 0.05) is 48.0 Å². The molecule has 0 bridgehead atoms. The Bertz CT molecular complexity index is 1040. The first-order chi connectivity index (χ1) is 14.8. The lowest BCUT2D eigenvalue weighted by Gasteiger charge is -2.33. The van der Waals surface area contributed by atoms with Crippen LogP contribution < -0.4 is 10.6 Å². The van der Waals surface area contributed by atoms with E-state index < -0.39 is 0 Å². The van der Waals surface area contributed by atoms with Crippen LogP contribution in [0.5, 0.6) is 0 Å². The highest BCUT2D eigenvalue weighted by Crippen LogP contribution is 2.22. The number of nitrogens with zero attached hydrogens (tertiary/aromatic N) is 4. The number of aromatic nitrogens is 3. The van der Waals surface area contributed by atoms with Crippen LogP contribution in [-0.2, 0) is 6.54 Å². The van der Waals surface area contributed by atoms with Crippen molar-refractivity contribution in [2.75, 3.05) is 30.8 Å². The predicted molar refractivity (Wildman–Crippen MR) is 124 cm³/mol. The second-order valence-electron chi connectivity index (χ2n) is 7.85. The van der Waals surface area contributed by atoms with Crippen molar-refractivity contribution in [3.05, 3.63) is 65.0 Å². The molecular weight excluding hydrogens is 392 g/mol. The first-order valence-corrected chi connectivity index (χ1v) is 11.5. The minimum Gasteiger partial charge on any atom is -0.350 e. The van der Waals surface area contributed by atoms with Crippen molar-refractivity contribution in [1.82, 2.24) is 25.2 Å². The highest BCUT2D eigenvalue weighted by atomic mass is 32.2. The van der Waals surface area contributed by atoms with Crippen molar-refractivity contribution in [2.24, 2.45) is 0 Å². The zero-order chi connectivity index (χ0) is 20.2. The van der Waals surface area contributed by atoms with Gasteiger partial charge >= 0.3 is 0 Å². The first-order valence-electron chi connectivity index (χ1n) is 10.5. The van der Waals surface area contributed by atoms with Crippen LogP contribution in [-0.4, -0.2) is 51.4 Å². The van der Waals surface area contributed by atoms with Crippen LogP contribution in [0, 0.1) is 0 Å². The molecule has 2 aliphatic heterocycles. The summed E-state index contributed by atoms with van der Waals surface area (Å²) in [6.45, 7) is 3.88. The SMILES string of the molecule is C(=C1\CNCS1)/c1ccnc(N[C@H]2CCCN(Cc3ccc4ccccc4n3)C2)n1. The zero-order valence-corrected chi connectivity index (χ0v) is 17.7. The lowest BCUT2D eigenvalue weighted by Crippen LogP contribution is -2.42. The van der Waals surface area contributed by atoms with E-state index in [0.717, 1.165) is 67.8 Å². The van der Waals surface area contributed by atoms with Gasteiger partial charge in [-0.15, -0.1) is 11.8 Å². The van der Waals surface area contributed by atoms with Crippen molar-refractivity contribution >= 4 is 34.7 Å². The van der Waals surface area contributed by atoms with E-state index >= 15 is 0 Å². The van der Waals surface area contributed by atoms with Gasteiger partial charge in [-0.05, 0) is 43.7 Å². The number of anilines is 1. The molecule has 2 aliphatic rings. The molecule has 4 heterocycles. The van der Waals surface area contributed by atoms with Crippen molar-refractivity contribution in [3.63, 3.8) is 0 Å². The number of hydrogen-bond donors (Lipinski definition) is 2. The molecular formula is C23H26N6S. The maximum absolute atomic E-state index is 4.84. The molecule has 1 aromatic carbocycles. The third-order valence-corrected chi connectivity index (χ3v) is 6.51. The summed E-state index contributed by atoms with van der Waals surface area (Å²) in [6, 6.07) is 14.9. The van der Waals surface area contributed by atoms with Crippen LogP contribution in [0.4, 0.5) is 5.95 Å². The molecule has 2 aromatic heterocycles. The Morgan fingerprint density at radius 3 is 3.07 bits per heavy atom. The molecule has 7 heteroatoms. The fourth-order valence-corrected chi connectivity index (χ4v) is 4.87. The molecule has 1 atom stereocenters. The molecule has 2 fully saturated rings. The van der Waals surface area contributed by atoms with Crippen LogP contribution in [0.15, 0.2) is 53.6 Å². The Hall–Kier alpha value is -2.48. The van der Waals surface area contributed by atoms with E-state index in [2.05, 4.69) is 56.9 Å². The van der Waals surface area contributed by atoms with E-state index in [1.54, 1.807) is 0 Å². The summed E-state index contributed by atoms with van der Waals surface area (Å²) >= 11 is 1.84. The van der Waals surface area contributed by atoms with Crippen LogP contribution in [0.25, 0.3) is 17.0 Å². The maximum Gasteiger partial charge on any atom is 0.223 e. The average molecular weight is 419 g/mol. The summed E-state index contributed by atoms with van der Waals surface area (Å²) < 4.78 is 0. The standard InChI is InChI=1S/C23H26N6S/c1-2-6-22-17(4-1)7-8-20(26-22)15-29-11-3-5-19(14-29)28-23-25-10-9-18(27-23)12-21-13-24-16-30-21/h1-2,4,6-10,12,19,24H,3,5,11,13-16H2,(H,25,27,28)/b21-12-/t19-/m0/s1. The van der Waals surface area contributed by atoms with Crippen LogP contribution in [0.1, 0.15) is 24.2 Å². The summed E-state index contributed by atoms with van der Waals surface area (Å²) in [5, 5.41) is 8.08.